The molecule has 0 bridgehead atoms. The van der Waals surface area contributed by atoms with Crippen LogP contribution in [0.25, 0.3) is 0 Å². The molecule has 2 aromatic carbocycles. The largest absolute Gasteiger partial charge is 0.398 e. The summed E-state index contributed by atoms with van der Waals surface area (Å²) >= 11 is 0. The molecule has 0 aromatic heterocycles. The van der Waals surface area contributed by atoms with E-state index in [2.05, 4.69) is 18.3 Å². The van der Waals surface area contributed by atoms with Gasteiger partial charge in [0, 0.05) is 17.1 Å². The second-order valence-corrected chi connectivity index (χ2v) is 3.72. The SMILES string of the molecule is CCc1c(N)cccc1Nc1ccccc1. The minimum Gasteiger partial charge on any atom is -0.398 e. The lowest BCUT2D eigenvalue weighted by Gasteiger charge is -2.12. The van der Waals surface area contributed by atoms with E-state index >= 15 is 0 Å². The Morgan fingerprint density at radius 2 is 1.75 bits per heavy atom. The average molecular weight is 212 g/mol. The summed E-state index contributed by atoms with van der Waals surface area (Å²) < 4.78 is 0. The van der Waals surface area contributed by atoms with E-state index in [-0.39, 0.29) is 0 Å². The molecule has 0 radical (unpaired) electrons. The van der Waals surface area contributed by atoms with E-state index < -0.39 is 0 Å². The van der Waals surface area contributed by atoms with Crippen molar-refractivity contribution in [2.45, 2.75) is 13.3 Å². The standard InChI is InChI=1S/C14H16N2/c1-2-12-13(15)9-6-10-14(12)16-11-7-4-3-5-8-11/h3-10,16H,2,15H2,1H3. The monoisotopic (exact) mass is 212 g/mol. The summed E-state index contributed by atoms with van der Waals surface area (Å²) in [5, 5.41) is 3.38. The van der Waals surface area contributed by atoms with Crippen LogP contribution in [0.1, 0.15) is 12.5 Å². The lowest BCUT2D eigenvalue weighted by atomic mass is 10.1. The Morgan fingerprint density at radius 3 is 2.44 bits per heavy atom. The molecule has 2 rings (SSSR count). The zero-order valence-corrected chi connectivity index (χ0v) is 9.40. The Hall–Kier alpha value is -1.96. The first-order chi connectivity index (χ1) is 7.81. The van der Waals surface area contributed by atoms with Crippen LogP contribution in [0.4, 0.5) is 17.1 Å². The van der Waals surface area contributed by atoms with Crippen molar-refractivity contribution in [2.75, 3.05) is 11.1 Å². The molecular formula is C14H16N2. The Labute approximate surface area is 96.1 Å². The summed E-state index contributed by atoms with van der Waals surface area (Å²) in [6.45, 7) is 2.11. The van der Waals surface area contributed by atoms with Crippen molar-refractivity contribution in [1.29, 1.82) is 0 Å². The van der Waals surface area contributed by atoms with Crippen molar-refractivity contribution in [3.63, 3.8) is 0 Å². The number of para-hydroxylation sites is 1. The maximum absolute atomic E-state index is 5.95. The Morgan fingerprint density at radius 1 is 1.00 bits per heavy atom. The molecule has 0 aliphatic heterocycles. The number of nitrogens with two attached hydrogens (primary N) is 1. The van der Waals surface area contributed by atoms with E-state index in [4.69, 9.17) is 5.73 Å². The lowest BCUT2D eigenvalue weighted by molar-refractivity contribution is 1.14. The molecule has 0 aliphatic rings. The van der Waals surface area contributed by atoms with Gasteiger partial charge < -0.3 is 11.1 Å². The Bertz CT molecular complexity index is 463. The predicted molar refractivity (Wildman–Crippen MR) is 70.0 cm³/mol. The molecular weight excluding hydrogens is 196 g/mol. The van der Waals surface area contributed by atoms with E-state index in [1.807, 2.05) is 42.5 Å². The van der Waals surface area contributed by atoms with Crippen molar-refractivity contribution in [1.82, 2.24) is 0 Å². The summed E-state index contributed by atoms with van der Waals surface area (Å²) in [5.41, 5.74) is 10.1. The van der Waals surface area contributed by atoms with Crippen molar-refractivity contribution >= 4 is 17.1 Å². The molecule has 0 atom stereocenters. The van der Waals surface area contributed by atoms with E-state index in [0.29, 0.717) is 0 Å². The second kappa shape index (κ2) is 4.71. The van der Waals surface area contributed by atoms with Crippen LogP contribution in [0.5, 0.6) is 0 Å². The van der Waals surface area contributed by atoms with E-state index in [0.717, 1.165) is 23.5 Å². The number of nitrogens with one attached hydrogen (secondary N) is 1. The fourth-order valence-corrected chi connectivity index (χ4v) is 1.79. The highest BCUT2D eigenvalue weighted by Crippen LogP contribution is 2.25. The van der Waals surface area contributed by atoms with Crippen LogP contribution in [0.3, 0.4) is 0 Å². The zero-order chi connectivity index (χ0) is 11.4. The molecule has 3 N–H and O–H groups in total. The van der Waals surface area contributed by atoms with Gasteiger partial charge in [-0.3, -0.25) is 0 Å². The fourth-order valence-electron chi connectivity index (χ4n) is 1.79. The first-order valence-electron chi connectivity index (χ1n) is 5.50. The maximum atomic E-state index is 5.95. The van der Waals surface area contributed by atoms with Gasteiger partial charge in [-0.25, -0.2) is 0 Å². The van der Waals surface area contributed by atoms with Crippen LogP contribution in [0, 0.1) is 0 Å². The molecule has 0 spiro atoms. The number of hydrogen-bond donors (Lipinski definition) is 2. The molecule has 0 saturated carbocycles. The summed E-state index contributed by atoms with van der Waals surface area (Å²) in [5.74, 6) is 0. The molecule has 2 heteroatoms. The lowest BCUT2D eigenvalue weighted by Crippen LogP contribution is -1.99. The van der Waals surface area contributed by atoms with Gasteiger partial charge in [-0.15, -0.1) is 0 Å². The van der Waals surface area contributed by atoms with Gasteiger partial charge in [0.15, 0.2) is 0 Å². The highest BCUT2D eigenvalue weighted by atomic mass is 14.9. The molecule has 0 aliphatic carbocycles. The number of nitrogen functional groups attached to an aromatic ring is 1. The molecule has 82 valence electrons. The van der Waals surface area contributed by atoms with Gasteiger partial charge in [0.1, 0.15) is 0 Å². The second-order valence-electron chi connectivity index (χ2n) is 3.72. The predicted octanol–water partition coefficient (Wildman–Crippen LogP) is 3.57. The smallest absolute Gasteiger partial charge is 0.0437 e. The number of benzene rings is 2. The third-order valence-corrected chi connectivity index (χ3v) is 2.62. The van der Waals surface area contributed by atoms with Gasteiger partial charge in [0.05, 0.1) is 0 Å². The van der Waals surface area contributed by atoms with Crippen LogP contribution in [0.15, 0.2) is 48.5 Å². The van der Waals surface area contributed by atoms with Crippen LogP contribution in [0.2, 0.25) is 0 Å². The molecule has 0 amide bonds. The molecule has 2 nitrogen and oxygen atoms in total. The maximum Gasteiger partial charge on any atom is 0.0437 e. The summed E-state index contributed by atoms with van der Waals surface area (Å²) in [6, 6.07) is 16.1. The topological polar surface area (TPSA) is 38.0 Å². The molecule has 0 heterocycles. The number of anilines is 3. The van der Waals surface area contributed by atoms with Crippen LogP contribution < -0.4 is 11.1 Å². The highest BCUT2D eigenvalue weighted by molar-refractivity contribution is 5.69. The van der Waals surface area contributed by atoms with E-state index in [1.165, 1.54) is 5.56 Å². The third kappa shape index (κ3) is 2.16. The quantitative estimate of drug-likeness (QED) is 0.763. The van der Waals surface area contributed by atoms with Crippen molar-refractivity contribution in [3.8, 4) is 0 Å². The number of rotatable bonds is 3. The van der Waals surface area contributed by atoms with Gasteiger partial charge in [0.25, 0.3) is 0 Å². The highest BCUT2D eigenvalue weighted by Gasteiger charge is 2.03. The number of hydrogen-bond acceptors (Lipinski definition) is 2. The summed E-state index contributed by atoms with van der Waals surface area (Å²) in [4.78, 5) is 0. The minimum atomic E-state index is 0.850. The zero-order valence-electron chi connectivity index (χ0n) is 9.40. The molecule has 0 saturated heterocycles. The Balaban J connectivity index is 2.31. The van der Waals surface area contributed by atoms with Gasteiger partial charge in [0.2, 0.25) is 0 Å². The van der Waals surface area contributed by atoms with Crippen molar-refractivity contribution in [2.24, 2.45) is 0 Å². The van der Waals surface area contributed by atoms with Gasteiger partial charge in [-0.2, -0.15) is 0 Å². The average Bonchev–Trinajstić information content (AvgIpc) is 2.31. The minimum absolute atomic E-state index is 0.850. The van der Waals surface area contributed by atoms with Crippen LogP contribution >= 0.6 is 0 Å². The summed E-state index contributed by atoms with van der Waals surface area (Å²) in [6.07, 6.45) is 0.932. The first-order valence-corrected chi connectivity index (χ1v) is 5.50. The van der Waals surface area contributed by atoms with Crippen LogP contribution in [-0.2, 0) is 6.42 Å². The van der Waals surface area contributed by atoms with Gasteiger partial charge in [-0.1, -0.05) is 31.2 Å². The van der Waals surface area contributed by atoms with E-state index in [9.17, 15) is 0 Å². The van der Waals surface area contributed by atoms with Gasteiger partial charge >= 0.3 is 0 Å². The molecule has 0 unspecified atom stereocenters. The molecule has 2 aromatic rings. The normalized spacial score (nSPS) is 10.1. The Kier molecular flexibility index (Phi) is 3.10. The summed E-state index contributed by atoms with van der Waals surface area (Å²) in [7, 11) is 0. The molecule has 16 heavy (non-hydrogen) atoms. The van der Waals surface area contributed by atoms with Crippen molar-refractivity contribution < 1.29 is 0 Å². The van der Waals surface area contributed by atoms with Crippen LogP contribution in [-0.4, -0.2) is 0 Å². The fraction of sp³-hybridized carbons (Fsp3) is 0.143. The first kappa shape index (κ1) is 10.6. The van der Waals surface area contributed by atoms with Crippen molar-refractivity contribution in [3.05, 3.63) is 54.1 Å². The molecule has 0 fully saturated rings. The van der Waals surface area contributed by atoms with E-state index in [1.54, 1.807) is 0 Å². The van der Waals surface area contributed by atoms with Gasteiger partial charge in [-0.05, 0) is 36.2 Å². The third-order valence-electron chi connectivity index (χ3n) is 2.62.